The summed E-state index contributed by atoms with van der Waals surface area (Å²) in [6.07, 6.45) is 1.03. The molecule has 0 fully saturated rings. The van der Waals surface area contributed by atoms with E-state index < -0.39 is 0 Å². The molecule has 0 spiro atoms. The van der Waals surface area contributed by atoms with E-state index in [2.05, 4.69) is 57.5 Å². The minimum Gasteiger partial charge on any atom is -0.303 e. The van der Waals surface area contributed by atoms with E-state index in [0.717, 1.165) is 24.4 Å². The fraction of sp³-hybridized carbons (Fsp3) is 0.235. The zero-order chi connectivity index (χ0) is 14.5. The van der Waals surface area contributed by atoms with E-state index in [1.165, 1.54) is 9.75 Å². The Labute approximate surface area is 133 Å². The molecule has 3 heterocycles. The number of nitrogens with one attached hydrogen (secondary N) is 1. The average molecular weight is 314 g/mol. The Morgan fingerprint density at radius 3 is 2.62 bits per heavy atom. The Morgan fingerprint density at radius 2 is 1.90 bits per heavy atom. The average Bonchev–Trinajstić information content (AvgIpc) is 3.16. The normalized spacial score (nSPS) is 12.4. The lowest BCUT2D eigenvalue weighted by Crippen LogP contribution is -2.22. The van der Waals surface area contributed by atoms with Crippen LogP contribution in [0.25, 0.3) is 0 Å². The van der Waals surface area contributed by atoms with Crippen LogP contribution in [0, 0.1) is 6.92 Å². The van der Waals surface area contributed by atoms with Crippen LogP contribution in [0.2, 0.25) is 0 Å². The van der Waals surface area contributed by atoms with Gasteiger partial charge in [-0.25, -0.2) is 0 Å². The van der Waals surface area contributed by atoms with Crippen molar-refractivity contribution in [3.63, 3.8) is 0 Å². The van der Waals surface area contributed by atoms with Crippen LogP contribution in [-0.2, 0) is 13.0 Å². The first-order chi connectivity index (χ1) is 10.3. The quantitative estimate of drug-likeness (QED) is 0.720. The van der Waals surface area contributed by atoms with Gasteiger partial charge in [-0.2, -0.15) is 0 Å². The third kappa shape index (κ3) is 4.00. The van der Waals surface area contributed by atoms with Crippen LogP contribution in [0.4, 0.5) is 0 Å². The SMILES string of the molecule is Cc1cccc(CNC(Cc2cccs2)c2cccs2)n1. The summed E-state index contributed by atoms with van der Waals surface area (Å²) in [5, 5.41) is 7.94. The van der Waals surface area contributed by atoms with E-state index in [-0.39, 0.29) is 0 Å². The minimum atomic E-state index is 0.353. The van der Waals surface area contributed by atoms with E-state index in [9.17, 15) is 0 Å². The van der Waals surface area contributed by atoms with Crippen molar-refractivity contribution in [2.24, 2.45) is 0 Å². The van der Waals surface area contributed by atoms with Crippen molar-refractivity contribution < 1.29 is 0 Å². The van der Waals surface area contributed by atoms with Gasteiger partial charge in [0.05, 0.1) is 5.69 Å². The van der Waals surface area contributed by atoms with Gasteiger partial charge in [0.25, 0.3) is 0 Å². The molecule has 3 aromatic rings. The van der Waals surface area contributed by atoms with Gasteiger partial charge in [-0.1, -0.05) is 18.2 Å². The number of rotatable bonds is 6. The Kier molecular flexibility index (Phi) is 4.80. The summed E-state index contributed by atoms with van der Waals surface area (Å²) in [6.45, 7) is 2.83. The highest BCUT2D eigenvalue weighted by atomic mass is 32.1. The minimum absolute atomic E-state index is 0.353. The first-order valence-electron chi connectivity index (χ1n) is 7.03. The molecule has 0 radical (unpaired) electrons. The van der Waals surface area contributed by atoms with Gasteiger partial charge in [-0.05, 0) is 41.9 Å². The molecule has 1 atom stereocenters. The van der Waals surface area contributed by atoms with Gasteiger partial charge in [-0.15, -0.1) is 22.7 Å². The van der Waals surface area contributed by atoms with Crippen LogP contribution in [0.5, 0.6) is 0 Å². The molecule has 0 bridgehead atoms. The highest BCUT2D eigenvalue weighted by Gasteiger charge is 2.13. The van der Waals surface area contributed by atoms with Crippen LogP contribution in [0.3, 0.4) is 0 Å². The molecule has 0 aromatic carbocycles. The second-order valence-corrected chi connectivity index (χ2v) is 7.01. The molecule has 1 unspecified atom stereocenters. The molecule has 0 saturated carbocycles. The molecule has 0 saturated heterocycles. The second-order valence-electron chi connectivity index (χ2n) is 5.00. The van der Waals surface area contributed by atoms with Gasteiger partial charge in [0.2, 0.25) is 0 Å². The molecule has 0 aliphatic rings. The molecule has 0 aliphatic carbocycles. The topological polar surface area (TPSA) is 24.9 Å². The van der Waals surface area contributed by atoms with Crippen LogP contribution in [0.15, 0.2) is 53.2 Å². The van der Waals surface area contributed by atoms with E-state index in [1.807, 2.05) is 35.7 Å². The molecule has 2 nitrogen and oxygen atoms in total. The molecule has 3 rings (SSSR count). The molecule has 4 heteroatoms. The number of hydrogen-bond donors (Lipinski definition) is 1. The summed E-state index contributed by atoms with van der Waals surface area (Å²) in [7, 11) is 0. The van der Waals surface area contributed by atoms with Crippen LogP contribution in [-0.4, -0.2) is 4.98 Å². The van der Waals surface area contributed by atoms with Crippen molar-refractivity contribution in [2.45, 2.75) is 25.9 Å². The van der Waals surface area contributed by atoms with Crippen molar-refractivity contribution in [3.05, 3.63) is 74.4 Å². The van der Waals surface area contributed by atoms with Crippen LogP contribution in [0.1, 0.15) is 27.2 Å². The fourth-order valence-electron chi connectivity index (χ4n) is 2.32. The van der Waals surface area contributed by atoms with Crippen molar-refractivity contribution in [1.82, 2.24) is 10.3 Å². The van der Waals surface area contributed by atoms with Crippen LogP contribution >= 0.6 is 22.7 Å². The number of aryl methyl sites for hydroxylation is 1. The number of thiophene rings is 2. The summed E-state index contributed by atoms with van der Waals surface area (Å²) in [4.78, 5) is 7.37. The van der Waals surface area contributed by atoms with Gasteiger partial charge < -0.3 is 5.32 Å². The smallest absolute Gasteiger partial charge is 0.0545 e. The predicted octanol–water partition coefficient (Wildman–Crippen LogP) is 4.59. The lowest BCUT2D eigenvalue weighted by Gasteiger charge is -2.16. The summed E-state index contributed by atoms with van der Waals surface area (Å²) in [6, 6.07) is 15.2. The first-order valence-corrected chi connectivity index (χ1v) is 8.79. The van der Waals surface area contributed by atoms with Crippen molar-refractivity contribution in [3.8, 4) is 0 Å². The maximum absolute atomic E-state index is 4.57. The second kappa shape index (κ2) is 6.98. The number of aromatic nitrogens is 1. The van der Waals surface area contributed by atoms with E-state index >= 15 is 0 Å². The molecule has 3 aromatic heterocycles. The largest absolute Gasteiger partial charge is 0.303 e. The predicted molar refractivity (Wildman–Crippen MR) is 90.9 cm³/mol. The Morgan fingerprint density at radius 1 is 1.05 bits per heavy atom. The maximum atomic E-state index is 4.57. The number of pyridine rings is 1. The van der Waals surface area contributed by atoms with Gasteiger partial charge in [0, 0.05) is 34.5 Å². The van der Waals surface area contributed by atoms with Crippen molar-refractivity contribution >= 4 is 22.7 Å². The van der Waals surface area contributed by atoms with Crippen LogP contribution < -0.4 is 5.32 Å². The van der Waals surface area contributed by atoms with Gasteiger partial charge in [0.1, 0.15) is 0 Å². The molecular formula is C17H18N2S2. The number of hydrogen-bond acceptors (Lipinski definition) is 4. The fourth-order valence-corrected chi connectivity index (χ4v) is 3.87. The van der Waals surface area contributed by atoms with Gasteiger partial charge in [0.15, 0.2) is 0 Å². The van der Waals surface area contributed by atoms with Crippen molar-refractivity contribution in [2.75, 3.05) is 0 Å². The monoisotopic (exact) mass is 314 g/mol. The van der Waals surface area contributed by atoms with E-state index in [0.29, 0.717) is 6.04 Å². The van der Waals surface area contributed by atoms with E-state index in [1.54, 1.807) is 0 Å². The summed E-state index contributed by atoms with van der Waals surface area (Å²) >= 11 is 3.63. The molecule has 108 valence electrons. The molecule has 0 aliphatic heterocycles. The number of nitrogens with zero attached hydrogens (tertiary/aromatic N) is 1. The summed E-state index contributed by atoms with van der Waals surface area (Å²) in [5.74, 6) is 0. The molecule has 1 N–H and O–H groups in total. The van der Waals surface area contributed by atoms with Gasteiger partial charge >= 0.3 is 0 Å². The molecular weight excluding hydrogens is 296 g/mol. The highest BCUT2D eigenvalue weighted by Crippen LogP contribution is 2.25. The molecule has 21 heavy (non-hydrogen) atoms. The Balaban J connectivity index is 1.70. The third-order valence-corrected chi connectivity index (χ3v) is 5.23. The highest BCUT2D eigenvalue weighted by molar-refractivity contribution is 7.10. The first kappa shape index (κ1) is 14.4. The lowest BCUT2D eigenvalue weighted by atomic mass is 10.1. The third-order valence-electron chi connectivity index (χ3n) is 3.35. The zero-order valence-electron chi connectivity index (χ0n) is 12.0. The van der Waals surface area contributed by atoms with Gasteiger partial charge in [-0.3, -0.25) is 4.98 Å². The summed E-state index contributed by atoms with van der Waals surface area (Å²) in [5.41, 5.74) is 2.17. The molecule has 0 amide bonds. The van der Waals surface area contributed by atoms with E-state index in [4.69, 9.17) is 0 Å². The maximum Gasteiger partial charge on any atom is 0.0545 e. The standard InChI is InChI=1S/C17H18N2S2/c1-13-5-2-6-14(19-13)12-18-16(17-8-4-10-21-17)11-15-7-3-9-20-15/h2-10,16,18H,11-12H2,1H3. The Bertz CT molecular complexity index is 660. The zero-order valence-corrected chi connectivity index (χ0v) is 13.6. The summed E-state index contributed by atoms with van der Waals surface area (Å²) < 4.78 is 0. The van der Waals surface area contributed by atoms with Crippen molar-refractivity contribution in [1.29, 1.82) is 0 Å². The lowest BCUT2D eigenvalue weighted by molar-refractivity contribution is 0.535. The Hall–Kier alpha value is -1.49.